The minimum Gasteiger partial charge on any atom is -0.481 e. The molecular weight excluding hydrogens is 254 g/mol. The van der Waals surface area contributed by atoms with E-state index in [-0.39, 0.29) is 0 Å². The van der Waals surface area contributed by atoms with Crippen LogP contribution in [0.4, 0.5) is 0 Å². The largest absolute Gasteiger partial charge is 0.481 e. The van der Waals surface area contributed by atoms with E-state index in [1.54, 1.807) is 19.4 Å². The molecule has 3 aromatic rings. The van der Waals surface area contributed by atoms with Gasteiger partial charge in [-0.1, -0.05) is 6.07 Å². The summed E-state index contributed by atoms with van der Waals surface area (Å²) in [7, 11) is 1.57. The highest BCUT2D eigenvalue weighted by Crippen LogP contribution is 2.24. The molecule has 0 aliphatic rings. The summed E-state index contributed by atoms with van der Waals surface area (Å²) in [6.45, 7) is 0. The number of nitrogens with two attached hydrogens (primary N) is 1. The predicted molar refractivity (Wildman–Crippen MR) is 76.1 cm³/mol. The van der Waals surface area contributed by atoms with Gasteiger partial charge in [0.25, 0.3) is 0 Å². The van der Waals surface area contributed by atoms with Gasteiger partial charge in [0.15, 0.2) is 0 Å². The molecule has 0 fully saturated rings. The Morgan fingerprint density at radius 3 is 2.90 bits per heavy atom. The molecule has 2 aromatic heterocycles. The lowest BCUT2D eigenvalue weighted by atomic mass is 10.1. The van der Waals surface area contributed by atoms with E-state index in [2.05, 4.69) is 4.98 Å². The molecule has 1 amide bonds. The number of primary amides is 1. The number of fused-ring (bicyclic) bond motifs is 1. The second kappa shape index (κ2) is 4.70. The molecule has 0 saturated heterocycles. The Morgan fingerprint density at radius 2 is 2.15 bits per heavy atom. The normalized spacial score (nSPS) is 10.7. The minimum atomic E-state index is -0.430. The molecule has 100 valence electrons. The Morgan fingerprint density at radius 1 is 1.30 bits per heavy atom. The number of hydrogen-bond acceptors (Lipinski definition) is 3. The maximum absolute atomic E-state index is 11.4. The fourth-order valence-electron chi connectivity index (χ4n) is 2.27. The molecule has 1 aromatic carbocycles. The molecule has 2 heterocycles. The molecule has 5 heteroatoms. The van der Waals surface area contributed by atoms with Gasteiger partial charge in [0.1, 0.15) is 0 Å². The second-order valence-corrected chi connectivity index (χ2v) is 4.34. The first-order valence-corrected chi connectivity index (χ1v) is 6.11. The van der Waals surface area contributed by atoms with Crippen molar-refractivity contribution in [3.63, 3.8) is 0 Å². The number of rotatable bonds is 3. The van der Waals surface area contributed by atoms with Crippen molar-refractivity contribution in [3.05, 3.63) is 54.4 Å². The smallest absolute Gasteiger partial charge is 0.249 e. The minimum absolute atomic E-state index is 0.430. The van der Waals surface area contributed by atoms with Gasteiger partial charge < -0.3 is 15.0 Å². The van der Waals surface area contributed by atoms with E-state index >= 15 is 0 Å². The molecule has 5 nitrogen and oxygen atoms in total. The Labute approximate surface area is 115 Å². The van der Waals surface area contributed by atoms with Gasteiger partial charge in [-0.15, -0.1) is 0 Å². The molecule has 0 aliphatic heterocycles. The van der Waals surface area contributed by atoms with Gasteiger partial charge in [0.05, 0.1) is 18.3 Å². The average Bonchev–Trinajstić information content (AvgIpc) is 2.91. The topological polar surface area (TPSA) is 70.1 Å². The fourth-order valence-corrected chi connectivity index (χ4v) is 2.27. The SMILES string of the molecule is COc1cc(-n2ccc3c(C(N)=O)cccc32)ccn1. The van der Waals surface area contributed by atoms with Crippen molar-refractivity contribution in [2.75, 3.05) is 7.11 Å². The zero-order valence-corrected chi connectivity index (χ0v) is 10.9. The van der Waals surface area contributed by atoms with Gasteiger partial charge in [0, 0.05) is 29.4 Å². The van der Waals surface area contributed by atoms with Crippen molar-refractivity contribution in [3.8, 4) is 11.6 Å². The van der Waals surface area contributed by atoms with Gasteiger partial charge in [-0.05, 0) is 24.3 Å². The highest BCUT2D eigenvalue weighted by molar-refractivity contribution is 6.06. The van der Waals surface area contributed by atoms with Crippen LogP contribution in [0.1, 0.15) is 10.4 Å². The van der Waals surface area contributed by atoms with Crippen molar-refractivity contribution in [2.24, 2.45) is 5.73 Å². The summed E-state index contributed by atoms with van der Waals surface area (Å²) in [6.07, 6.45) is 3.57. The molecule has 0 bridgehead atoms. The van der Waals surface area contributed by atoms with Crippen LogP contribution in [0, 0.1) is 0 Å². The van der Waals surface area contributed by atoms with Crippen LogP contribution in [0.5, 0.6) is 5.88 Å². The number of nitrogens with zero attached hydrogens (tertiary/aromatic N) is 2. The number of ether oxygens (including phenoxy) is 1. The lowest BCUT2D eigenvalue weighted by molar-refractivity contribution is 0.100. The number of hydrogen-bond donors (Lipinski definition) is 1. The maximum atomic E-state index is 11.4. The summed E-state index contributed by atoms with van der Waals surface area (Å²) in [5.41, 5.74) is 7.73. The Hall–Kier alpha value is -2.82. The van der Waals surface area contributed by atoms with Crippen LogP contribution in [0.25, 0.3) is 16.6 Å². The first-order chi connectivity index (χ1) is 9.70. The molecular formula is C15H13N3O2. The summed E-state index contributed by atoms with van der Waals surface area (Å²) >= 11 is 0. The van der Waals surface area contributed by atoms with E-state index in [1.807, 2.05) is 41.1 Å². The van der Waals surface area contributed by atoms with E-state index in [0.717, 1.165) is 16.6 Å². The van der Waals surface area contributed by atoms with Gasteiger partial charge in [0.2, 0.25) is 11.8 Å². The summed E-state index contributed by atoms with van der Waals surface area (Å²) in [5.74, 6) is 0.107. The Balaban J connectivity index is 2.22. The quantitative estimate of drug-likeness (QED) is 0.790. The number of methoxy groups -OCH3 is 1. The zero-order valence-electron chi connectivity index (χ0n) is 10.9. The van der Waals surface area contributed by atoms with Gasteiger partial charge in [-0.2, -0.15) is 0 Å². The zero-order chi connectivity index (χ0) is 14.1. The molecule has 0 saturated carbocycles. The van der Waals surface area contributed by atoms with Crippen LogP contribution in [0.15, 0.2) is 48.8 Å². The summed E-state index contributed by atoms with van der Waals surface area (Å²) < 4.78 is 7.09. The third-order valence-electron chi connectivity index (χ3n) is 3.20. The molecule has 0 unspecified atom stereocenters. The van der Waals surface area contributed by atoms with Crippen molar-refractivity contribution in [1.29, 1.82) is 0 Å². The third kappa shape index (κ3) is 1.89. The first kappa shape index (κ1) is 12.2. The third-order valence-corrected chi connectivity index (χ3v) is 3.20. The number of pyridine rings is 1. The maximum Gasteiger partial charge on any atom is 0.249 e. The van der Waals surface area contributed by atoms with Gasteiger partial charge in [-0.3, -0.25) is 4.79 Å². The van der Waals surface area contributed by atoms with Crippen LogP contribution in [-0.4, -0.2) is 22.6 Å². The molecule has 0 spiro atoms. The first-order valence-electron chi connectivity index (χ1n) is 6.11. The van der Waals surface area contributed by atoms with Crippen LogP contribution in [0.3, 0.4) is 0 Å². The molecule has 0 atom stereocenters. The van der Waals surface area contributed by atoms with E-state index in [1.165, 1.54) is 0 Å². The Kier molecular flexibility index (Phi) is 2.87. The van der Waals surface area contributed by atoms with Gasteiger partial charge in [-0.25, -0.2) is 4.98 Å². The molecule has 2 N–H and O–H groups in total. The summed E-state index contributed by atoms with van der Waals surface area (Å²) in [5, 5.41) is 0.829. The van der Waals surface area contributed by atoms with Crippen LogP contribution >= 0.6 is 0 Å². The number of benzene rings is 1. The van der Waals surface area contributed by atoms with Crippen LogP contribution in [-0.2, 0) is 0 Å². The number of amides is 1. The highest BCUT2D eigenvalue weighted by atomic mass is 16.5. The standard InChI is InChI=1S/C15H13N3O2/c1-20-14-9-10(5-7-17-14)18-8-6-11-12(15(16)19)3-2-4-13(11)18/h2-9H,1H3,(H2,16,19). The van der Waals surface area contributed by atoms with E-state index in [4.69, 9.17) is 10.5 Å². The average molecular weight is 267 g/mol. The second-order valence-electron chi connectivity index (χ2n) is 4.34. The fraction of sp³-hybridized carbons (Fsp3) is 0.0667. The van der Waals surface area contributed by atoms with Crippen molar-refractivity contribution in [1.82, 2.24) is 9.55 Å². The van der Waals surface area contributed by atoms with E-state index in [9.17, 15) is 4.79 Å². The lowest BCUT2D eigenvalue weighted by Crippen LogP contribution is -2.11. The summed E-state index contributed by atoms with van der Waals surface area (Å²) in [4.78, 5) is 15.5. The highest BCUT2D eigenvalue weighted by Gasteiger charge is 2.10. The lowest BCUT2D eigenvalue weighted by Gasteiger charge is -2.07. The number of aromatic nitrogens is 2. The number of carbonyl (C=O) groups is 1. The summed E-state index contributed by atoms with van der Waals surface area (Å²) in [6, 6.07) is 11.1. The Bertz CT molecular complexity index is 793. The number of carbonyl (C=O) groups excluding carboxylic acids is 1. The van der Waals surface area contributed by atoms with Crippen molar-refractivity contribution in [2.45, 2.75) is 0 Å². The van der Waals surface area contributed by atoms with Gasteiger partial charge >= 0.3 is 0 Å². The predicted octanol–water partition coefficient (Wildman–Crippen LogP) is 2.13. The van der Waals surface area contributed by atoms with E-state index < -0.39 is 5.91 Å². The van der Waals surface area contributed by atoms with E-state index in [0.29, 0.717) is 11.4 Å². The monoisotopic (exact) mass is 267 g/mol. The van der Waals surface area contributed by atoms with Crippen LogP contribution < -0.4 is 10.5 Å². The van der Waals surface area contributed by atoms with Crippen molar-refractivity contribution < 1.29 is 9.53 Å². The molecule has 0 aliphatic carbocycles. The van der Waals surface area contributed by atoms with Crippen molar-refractivity contribution >= 4 is 16.8 Å². The van der Waals surface area contributed by atoms with Crippen LogP contribution in [0.2, 0.25) is 0 Å². The molecule has 0 radical (unpaired) electrons. The molecule has 3 rings (SSSR count). The molecule has 20 heavy (non-hydrogen) atoms.